The van der Waals surface area contributed by atoms with Crippen molar-refractivity contribution < 1.29 is 12.9 Å². The molecule has 0 atom stereocenters. The van der Waals surface area contributed by atoms with Crippen LogP contribution in [0.3, 0.4) is 0 Å². The first kappa shape index (κ1) is 9.94. The van der Waals surface area contributed by atoms with Crippen molar-refractivity contribution in [2.75, 3.05) is 11.5 Å². The van der Waals surface area contributed by atoms with Crippen LogP contribution in [-0.4, -0.2) is 14.7 Å². The molecule has 1 aromatic rings. The molecule has 1 N–H and O–H groups in total. The van der Waals surface area contributed by atoms with Gasteiger partial charge in [0.25, 0.3) is 0 Å². The molecule has 0 spiro atoms. The van der Waals surface area contributed by atoms with E-state index in [2.05, 4.69) is 0 Å². The Morgan fingerprint density at radius 2 is 1.85 bits per heavy atom. The number of hydrogen-bond acceptors (Lipinski definition) is 3. The van der Waals surface area contributed by atoms with Crippen molar-refractivity contribution in [3.8, 4) is 0 Å². The molecule has 0 aliphatic heterocycles. The number of halogens is 1. The Hall–Kier alpha value is -1.14. The number of sulfonamides is 1. The van der Waals surface area contributed by atoms with Crippen LogP contribution in [0.2, 0.25) is 0 Å². The van der Waals surface area contributed by atoms with Crippen LogP contribution in [-0.2, 0) is 10.0 Å². The van der Waals surface area contributed by atoms with E-state index in [1.54, 1.807) is 23.0 Å². The fourth-order valence-electron chi connectivity index (χ4n) is 0.757. The third-order valence-electron chi connectivity index (χ3n) is 1.23. The molecule has 0 heterocycles. The van der Waals surface area contributed by atoms with E-state index < -0.39 is 10.0 Å². The molecular weight excluding hydrogens is 195 g/mol. The Morgan fingerprint density at radius 1 is 1.31 bits per heavy atom. The topological polar surface area (TPSA) is 49.4 Å². The predicted molar refractivity (Wildman–Crippen MR) is 48.0 cm³/mol. The highest BCUT2D eigenvalue weighted by Crippen LogP contribution is 2.10. The van der Waals surface area contributed by atoms with Crippen LogP contribution in [0.25, 0.3) is 0 Å². The van der Waals surface area contributed by atoms with Gasteiger partial charge in [-0.2, -0.15) is 0 Å². The van der Waals surface area contributed by atoms with Gasteiger partial charge in [0.15, 0.2) is 0 Å². The minimum Gasteiger partial charge on any atom is -0.211 e. The maximum atomic E-state index is 13.0. The van der Waals surface area contributed by atoms with Crippen molar-refractivity contribution in [1.82, 2.24) is 4.83 Å². The SMILES string of the molecule is CS(=O)(=O)NN(F)c1ccccc1. The van der Waals surface area contributed by atoms with Gasteiger partial charge in [0.05, 0.1) is 11.9 Å². The molecule has 1 aromatic carbocycles. The van der Waals surface area contributed by atoms with Crippen LogP contribution < -0.4 is 10.1 Å². The van der Waals surface area contributed by atoms with Gasteiger partial charge in [-0.05, 0) is 12.1 Å². The van der Waals surface area contributed by atoms with Crippen LogP contribution in [0.1, 0.15) is 0 Å². The normalized spacial score (nSPS) is 11.2. The minimum absolute atomic E-state index is 0.0463. The summed E-state index contributed by atoms with van der Waals surface area (Å²) in [4.78, 5) is 1.67. The Kier molecular flexibility index (Phi) is 2.84. The summed E-state index contributed by atoms with van der Waals surface area (Å²) in [5.74, 6) is 0. The van der Waals surface area contributed by atoms with Crippen LogP contribution in [0.4, 0.5) is 10.2 Å². The lowest BCUT2D eigenvalue weighted by molar-refractivity contribution is 0.409. The summed E-state index contributed by atoms with van der Waals surface area (Å²) in [6.07, 6.45) is 0.878. The fourth-order valence-corrected chi connectivity index (χ4v) is 1.15. The Bertz CT molecular complexity index is 365. The van der Waals surface area contributed by atoms with Crippen LogP contribution in [0.15, 0.2) is 30.3 Å². The molecule has 6 heteroatoms. The van der Waals surface area contributed by atoms with Gasteiger partial charge in [0, 0.05) is 0 Å². The summed E-state index contributed by atoms with van der Waals surface area (Å²) >= 11 is 0. The number of hydrazine groups is 1. The van der Waals surface area contributed by atoms with Crippen LogP contribution >= 0.6 is 0 Å². The molecule has 0 saturated carbocycles. The summed E-state index contributed by atoms with van der Waals surface area (Å²) in [5, 5.41) is -0.0463. The lowest BCUT2D eigenvalue weighted by Crippen LogP contribution is -2.35. The number of hydrogen-bond donors (Lipinski definition) is 1. The van der Waals surface area contributed by atoms with E-state index in [1.165, 1.54) is 12.1 Å². The molecule has 1 rings (SSSR count). The average Bonchev–Trinajstić information content (AvgIpc) is 2.03. The molecular formula is C7H9FN2O2S. The molecule has 0 aliphatic carbocycles. The number of benzene rings is 1. The first-order valence-corrected chi connectivity index (χ1v) is 5.36. The lowest BCUT2D eigenvalue weighted by atomic mass is 10.3. The van der Waals surface area contributed by atoms with Crippen molar-refractivity contribution in [2.24, 2.45) is 0 Å². The van der Waals surface area contributed by atoms with Crippen molar-refractivity contribution in [1.29, 1.82) is 0 Å². The van der Waals surface area contributed by atoms with Crippen molar-refractivity contribution in [3.05, 3.63) is 30.3 Å². The van der Waals surface area contributed by atoms with E-state index >= 15 is 0 Å². The van der Waals surface area contributed by atoms with Gasteiger partial charge in [-0.3, -0.25) is 0 Å². The Labute approximate surface area is 75.9 Å². The van der Waals surface area contributed by atoms with Gasteiger partial charge in [-0.1, -0.05) is 27.5 Å². The highest BCUT2D eigenvalue weighted by molar-refractivity contribution is 7.88. The van der Waals surface area contributed by atoms with Crippen LogP contribution in [0, 0.1) is 0 Å². The van der Waals surface area contributed by atoms with Gasteiger partial charge < -0.3 is 0 Å². The minimum atomic E-state index is -3.57. The van der Waals surface area contributed by atoms with Gasteiger partial charge in [0.1, 0.15) is 0 Å². The Balaban J connectivity index is 2.76. The summed E-state index contributed by atoms with van der Waals surface area (Å²) in [7, 11) is -3.57. The molecule has 0 aliphatic rings. The molecule has 0 saturated heterocycles. The zero-order valence-corrected chi connectivity index (χ0v) is 7.75. The maximum Gasteiger partial charge on any atom is 0.227 e. The Morgan fingerprint density at radius 3 is 2.31 bits per heavy atom. The first-order valence-electron chi connectivity index (χ1n) is 3.47. The third kappa shape index (κ3) is 3.39. The quantitative estimate of drug-likeness (QED) is 0.586. The van der Waals surface area contributed by atoms with E-state index in [4.69, 9.17) is 0 Å². The maximum absolute atomic E-state index is 13.0. The summed E-state index contributed by atoms with van der Waals surface area (Å²) in [5.41, 5.74) is 0.132. The van der Waals surface area contributed by atoms with E-state index in [0.29, 0.717) is 0 Å². The summed E-state index contributed by atoms with van der Waals surface area (Å²) < 4.78 is 34.2. The molecule has 4 nitrogen and oxygen atoms in total. The van der Waals surface area contributed by atoms with E-state index in [9.17, 15) is 12.9 Å². The van der Waals surface area contributed by atoms with Crippen molar-refractivity contribution >= 4 is 15.7 Å². The highest BCUT2D eigenvalue weighted by atomic mass is 32.2. The molecule has 0 amide bonds. The van der Waals surface area contributed by atoms with E-state index in [0.717, 1.165) is 6.26 Å². The second kappa shape index (κ2) is 3.71. The fraction of sp³-hybridized carbons (Fsp3) is 0.143. The zero-order chi connectivity index (χ0) is 9.90. The first-order chi connectivity index (χ1) is 5.99. The molecule has 13 heavy (non-hydrogen) atoms. The molecule has 0 radical (unpaired) electrons. The lowest BCUT2D eigenvalue weighted by Gasteiger charge is -2.12. The number of rotatable bonds is 3. The standard InChI is InChI=1S/C7H9FN2O2S/c1-13(11,12)9-10(8)7-5-3-2-4-6-7/h2-6,9H,1H3. The molecule has 0 unspecified atom stereocenters. The van der Waals surface area contributed by atoms with E-state index in [-0.39, 0.29) is 10.9 Å². The number of anilines is 1. The molecule has 72 valence electrons. The van der Waals surface area contributed by atoms with Crippen molar-refractivity contribution in [2.45, 2.75) is 0 Å². The summed E-state index contributed by atoms with van der Waals surface area (Å²) in [6, 6.07) is 7.80. The largest absolute Gasteiger partial charge is 0.227 e. The van der Waals surface area contributed by atoms with Crippen LogP contribution in [0.5, 0.6) is 0 Å². The number of para-hydroxylation sites is 1. The van der Waals surface area contributed by atoms with Gasteiger partial charge in [-0.25, -0.2) is 8.42 Å². The monoisotopic (exact) mass is 204 g/mol. The predicted octanol–water partition coefficient (Wildman–Crippen LogP) is 0.842. The second-order valence-electron chi connectivity index (χ2n) is 2.48. The molecule has 0 bridgehead atoms. The van der Waals surface area contributed by atoms with Gasteiger partial charge in [-0.15, -0.1) is 5.23 Å². The third-order valence-corrected chi connectivity index (χ3v) is 1.72. The second-order valence-corrected chi connectivity index (χ2v) is 4.21. The van der Waals surface area contributed by atoms with Gasteiger partial charge in [0.2, 0.25) is 10.0 Å². The molecule has 0 aromatic heterocycles. The number of nitrogens with zero attached hydrogens (tertiary/aromatic N) is 1. The summed E-state index contributed by atoms with van der Waals surface area (Å²) in [6.45, 7) is 0. The zero-order valence-electron chi connectivity index (χ0n) is 6.94. The smallest absolute Gasteiger partial charge is 0.211 e. The van der Waals surface area contributed by atoms with Crippen molar-refractivity contribution in [3.63, 3.8) is 0 Å². The van der Waals surface area contributed by atoms with E-state index in [1.807, 2.05) is 0 Å². The molecule has 0 fully saturated rings. The average molecular weight is 204 g/mol. The van der Waals surface area contributed by atoms with Gasteiger partial charge >= 0.3 is 0 Å². The number of nitrogens with one attached hydrogen (secondary N) is 1. The highest BCUT2D eigenvalue weighted by Gasteiger charge is 2.09.